The number of amides is 2. The second-order valence-electron chi connectivity index (χ2n) is 19.5. The number of hydroxylamine groups is 2. The van der Waals surface area contributed by atoms with Crippen LogP contribution in [0.25, 0.3) is 6.08 Å². The minimum Gasteiger partial charge on any atom is -0.460 e. The lowest BCUT2D eigenvalue weighted by molar-refractivity contribution is -0.201. The fourth-order valence-electron chi connectivity index (χ4n) is 10.9. The van der Waals surface area contributed by atoms with Crippen molar-refractivity contribution in [1.82, 2.24) is 15.7 Å². The Balaban J connectivity index is 0.955. The molecule has 7 fully saturated rings. The SMILES string of the molecule is CC(C)(C)OC(=O)CCC(CO)NC(=O)CCNC(=O)C12CC3OC(=O)C1N(Cc1cccc(C=C4CCC5OC5(C)CCC5C4CC5(C)C)c1)OC2C1OCOC31. The molecule has 14 heteroatoms. The smallest absolute Gasteiger partial charge is 0.327 e. The zero-order valence-corrected chi connectivity index (χ0v) is 34.8. The van der Waals surface area contributed by atoms with Crippen molar-refractivity contribution in [3.63, 3.8) is 0 Å². The normalized spacial score (nSPS) is 37.1. The summed E-state index contributed by atoms with van der Waals surface area (Å²) in [6.45, 7) is 12.2. The number of aliphatic hydroxyl groups is 1. The molecule has 1 aromatic carbocycles. The number of rotatable bonds is 12. The lowest BCUT2D eigenvalue weighted by atomic mass is 9.52. The molecule has 4 heterocycles. The lowest BCUT2D eigenvalue weighted by Gasteiger charge is -2.53. The molecule has 1 aromatic rings. The molecule has 11 unspecified atom stereocenters. The second kappa shape index (κ2) is 15.6. The van der Waals surface area contributed by atoms with Crippen LogP contribution in [0.3, 0.4) is 0 Å². The predicted octanol–water partition coefficient (Wildman–Crippen LogP) is 4.11. The molecule has 7 aliphatic rings. The highest BCUT2D eigenvalue weighted by Crippen LogP contribution is 2.60. The van der Waals surface area contributed by atoms with Crippen molar-refractivity contribution in [2.45, 2.75) is 160 Å². The first-order valence-corrected chi connectivity index (χ1v) is 21.2. The molecular weight excluding hydrogens is 746 g/mol. The highest BCUT2D eigenvalue weighted by Gasteiger charge is 2.74. The van der Waals surface area contributed by atoms with E-state index in [1.54, 1.807) is 25.8 Å². The largest absolute Gasteiger partial charge is 0.460 e. The van der Waals surface area contributed by atoms with Gasteiger partial charge in [0.05, 0.1) is 30.9 Å². The van der Waals surface area contributed by atoms with Gasteiger partial charge in [0.1, 0.15) is 42.2 Å². The molecule has 8 rings (SSSR count). The van der Waals surface area contributed by atoms with Crippen LogP contribution in [0.1, 0.15) is 110 Å². The van der Waals surface area contributed by atoms with Gasteiger partial charge in [-0.15, -0.1) is 0 Å². The molecule has 2 bridgehead atoms. The number of carbonyl (C=O) groups excluding carboxylic acids is 4. The van der Waals surface area contributed by atoms with E-state index in [0.717, 1.165) is 30.4 Å². The average Bonchev–Trinajstić information content (AvgIpc) is 3.44. The molecule has 318 valence electrons. The molecule has 4 aliphatic heterocycles. The van der Waals surface area contributed by atoms with Crippen LogP contribution in [0.4, 0.5) is 0 Å². The summed E-state index contributed by atoms with van der Waals surface area (Å²) >= 11 is 0. The van der Waals surface area contributed by atoms with Crippen molar-refractivity contribution >= 4 is 29.8 Å². The molecule has 14 nitrogen and oxygen atoms in total. The third-order valence-corrected chi connectivity index (χ3v) is 13.9. The number of benzene rings is 1. The van der Waals surface area contributed by atoms with E-state index < -0.39 is 71.3 Å². The van der Waals surface area contributed by atoms with Crippen LogP contribution in [-0.2, 0) is 54.2 Å². The maximum atomic E-state index is 14.4. The van der Waals surface area contributed by atoms with Crippen molar-refractivity contribution in [3.8, 4) is 0 Å². The Morgan fingerprint density at radius 2 is 1.88 bits per heavy atom. The summed E-state index contributed by atoms with van der Waals surface area (Å²) in [6, 6.07) is 6.57. The Morgan fingerprint density at radius 1 is 1.09 bits per heavy atom. The highest BCUT2D eigenvalue weighted by atomic mass is 16.8. The van der Waals surface area contributed by atoms with Crippen LogP contribution >= 0.6 is 0 Å². The van der Waals surface area contributed by atoms with Crippen LogP contribution < -0.4 is 10.6 Å². The van der Waals surface area contributed by atoms with Gasteiger partial charge in [-0.1, -0.05) is 49.8 Å². The van der Waals surface area contributed by atoms with Crippen LogP contribution in [0.15, 0.2) is 29.8 Å². The molecule has 3 saturated carbocycles. The molecule has 4 saturated heterocycles. The van der Waals surface area contributed by atoms with Crippen LogP contribution in [0.2, 0.25) is 0 Å². The van der Waals surface area contributed by atoms with Crippen LogP contribution in [0.5, 0.6) is 0 Å². The quantitative estimate of drug-likeness (QED) is 0.204. The number of hydrogen-bond acceptors (Lipinski definition) is 12. The monoisotopic (exact) mass is 807 g/mol. The average molecular weight is 808 g/mol. The molecule has 0 spiro atoms. The van der Waals surface area contributed by atoms with E-state index in [2.05, 4.69) is 49.6 Å². The number of carbonyl (C=O) groups is 4. The molecule has 0 radical (unpaired) electrons. The minimum absolute atomic E-state index is 0.00636. The summed E-state index contributed by atoms with van der Waals surface area (Å²) in [7, 11) is 0. The van der Waals surface area contributed by atoms with Gasteiger partial charge in [-0.2, -0.15) is 5.06 Å². The first kappa shape index (κ1) is 41.3. The second-order valence-corrected chi connectivity index (χ2v) is 19.5. The fraction of sp³-hybridized carbons (Fsp3) is 0.727. The first-order chi connectivity index (χ1) is 27.5. The number of epoxide rings is 1. The topological polar surface area (TPSA) is 174 Å². The van der Waals surface area contributed by atoms with E-state index in [0.29, 0.717) is 23.4 Å². The third-order valence-electron chi connectivity index (χ3n) is 13.9. The molecule has 58 heavy (non-hydrogen) atoms. The van der Waals surface area contributed by atoms with E-state index in [9.17, 15) is 24.3 Å². The van der Waals surface area contributed by atoms with Gasteiger partial charge in [0.25, 0.3) is 0 Å². The van der Waals surface area contributed by atoms with Gasteiger partial charge >= 0.3 is 11.9 Å². The third kappa shape index (κ3) is 7.97. The Kier molecular flexibility index (Phi) is 11.1. The Labute approximate surface area is 341 Å². The van der Waals surface area contributed by atoms with E-state index in [4.69, 9.17) is 28.5 Å². The number of hydrogen-bond donors (Lipinski definition) is 3. The Hall–Kier alpha value is -3.40. The number of nitrogens with zero attached hydrogens (tertiary/aromatic N) is 1. The van der Waals surface area contributed by atoms with Crippen molar-refractivity contribution in [2.24, 2.45) is 22.7 Å². The highest BCUT2D eigenvalue weighted by molar-refractivity contribution is 5.94. The Bertz CT molecular complexity index is 1810. The van der Waals surface area contributed by atoms with E-state index in [1.165, 1.54) is 18.4 Å². The van der Waals surface area contributed by atoms with Gasteiger partial charge in [-0.25, -0.2) is 0 Å². The standard InChI is InChI=1S/C44H61N3O11/c1-41(2,3)57-34(50)13-11-28(23-48)46-33(49)15-17-45-40(52)44-21-31-35-36(54-24-53-35)38(44)58-47(37(44)39(51)55-31)22-26-9-7-8-25(18-26)19-27-10-12-32-43(6,56-32)16-14-30-29(27)20-42(30,4)5/h7-9,18-19,28-32,35-38,48H,10-17,20-24H2,1-6H3,(H,45,52)(H,46,49). The van der Waals surface area contributed by atoms with Gasteiger partial charge in [-0.3, -0.25) is 24.0 Å². The molecule has 3 aliphatic carbocycles. The molecule has 11 atom stereocenters. The van der Waals surface area contributed by atoms with Crippen molar-refractivity contribution < 1.29 is 52.8 Å². The van der Waals surface area contributed by atoms with Gasteiger partial charge in [-0.05, 0) is 94.6 Å². The summed E-state index contributed by atoms with van der Waals surface area (Å²) in [5, 5.41) is 17.1. The van der Waals surface area contributed by atoms with Gasteiger partial charge < -0.3 is 39.4 Å². The number of allylic oxidation sites excluding steroid dienone is 1. The summed E-state index contributed by atoms with van der Waals surface area (Å²) in [5.74, 6) is -0.630. The first-order valence-electron chi connectivity index (χ1n) is 21.2. The van der Waals surface area contributed by atoms with Gasteiger partial charge in [0.15, 0.2) is 6.04 Å². The maximum Gasteiger partial charge on any atom is 0.327 e. The van der Waals surface area contributed by atoms with E-state index in [1.807, 2.05) is 12.1 Å². The van der Waals surface area contributed by atoms with E-state index >= 15 is 0 Å². The van der Waals surface area contributed by atoms with Crippen molar-refractivity contribution in [3.05, 3.63) is 41.0 Å². The predicted molar refractivity (Wildman–Crippen MR) is 209 cm³/mol. The van der Waals surface area contributed by atoms with Crippen LogP contribution in [-0.4, -0.2) is 108 Å². The summed E-state index contributed by atoms with van der Waals surface area (Å²) < 4.78 is 29.3. The van der Waals surface area contributed by atoms with E-state index in [-0.39, 0.29) is 57.8 Å². The molecule has 2 amide bonds. The van der Waals surface area contributed by atoms with Gasteiger partial charge in [0.2, 0.25) is 11.8 Å². The zero-order chi connectivity index (χ0) is 41.2. The fourth-order valence-corrected chi connectivity index (χ4v) is 10.9. The molecule has 0 aromatic heterocycles. The summed E-state index contributed by atoms with van der Waals surface area (Å²) in [6.07, 6.45) is 5.79. The number of nitrogens with one attached hydrogen (secondary N) is 2. The number of ether oxygens (including phenoxy) is 5. The minimum atomic E-state index is -1.35. The summed E-state index contributed by atoms with van der Waals surface area (Å²) in [5.41, 5.74) is 1.83. The van der Waals surface area contributed by atoms with Crippen molar-refractivity contribution in [1.29, 1.82) is 0 Å². The Morgan fingerprint density at radius 3 is 2.64 bits per heavy atom. The molecule has 3 N–H and O–H groups in total. The molecular formula is C44H61N3O11. The number of fused-ring (bicyclic) bond motifs is 6. The van der Waals surface area contributed by atoms with Gasteiger partial charge in [0, 0.05) is 25.8 Å². The number of aliphatic hydroxyl groups excluding tert-OH is 1. The van der Waals surface area contributed by atoms with Crippen LogP contribution in [0, 0.1) is 22.7 Å². The summed E-state index contributed by atoms with van der Waals surface area (Å²) in [4.78, 5) is 60.0. The zero-order valence-electron chi connectivity index (χ0n) is 34.8. The van der Waals surface area contributed by atoms with Crippen molar-refractivity contribution in [2.75, 3.05) is 19.9 Å². The lowest BCUT2D eigenvalue weighted by Crippen LogP contribution is -2.69. The number of esters is 2. The maximum absolute atomic E-state index is 14.4.